The quantitative estimate of drug-likeness (QED) is 0.803. The Morgan fingerprint density at radius 3 is 2.65 bits per heavy atom. The van der Waals surface area contributed by atoms with Gasteiger partial charge in [-0.1, -0.05) is 25.1 Å². The monoisotopic (exact) mass is 301 g/mol. The summed E-state index contributed by atoms with van der Waals surface area (Å²) in [6.07, 6.45) is 3.34. The molecule has 5 heteroatoms. The lowest BCUT2D eigenvalue weighted by atomic mass is 9.99. The van der Waals surface area contributed by atoms with E-state index in [-0.39, 0.29) is 17.6 Å². The van der Waals surface area contributed by atoms with Gasteiger partial charge < -0.3 is 5.32 Å². The number of hydrogen-bond acceptors (Lipinski definition) is 3. The summed E-state index contributed by atoms with van der Waals surface area (Å²) >= 11 is 0. The average Bonchev–Trinajstić information content (AvgIpc) is 2.36. The van der Waals surface area contributed by atoms with Crippen molar-refractivity contribution in [2.45, 2.75) is 39.2 Å². The Hall–Kier alpha value is -0.940. The number of sulfone groups is 1. The van der Waals surface area contributed by atoms with E-state index in [4.69, 9.17) is 0 Å². The van der Waals surface area contributed by atoms with Gasteiger partial charge in [0, 0.05) is 23.6 Å². The number of rotatable bonds is 8. The van der Waals surface area contributed by atoms with Crippen molar-refractivity contribution in [2.24, 2.45) is 0 Å². The zero-order valence-corrected chi connectivity index (χ0v) is 13.3. The topological polar surface area (TPSA) is 46.2 Å². The average molecular weight is 301 g/mol. The Morgan fingerprint density at radius 2 is 2.05 bits per heavy atom. The molecule has 0 saturated heterocycles. The van der Waals surface area contributed by atoms with E-state index in [1.165, 1.54) is 6.26 Å². The molecule has 0 bridgehead atoms. The fourth-order valence-electron chi connectivity index (χ4n) is 2.17. The number of nitrogens with one attached hydrogen (secondary N) is 1. The Labute approximate surface area is 121 Å². The predicted molar refractivity (Wildman–Crippen MR) is 81.1 cm³/mol. The van der Waals surface area contributed by atoms with Crippen molar-refractivity contribution in [2.75, 3.05) is 18.6 Å². The van der Waals surface area contributed by atoms with Crippen molar-refractivity contribution in [1.82, 2.24) is 5.32 Å². The molecule has 0 aliphatic heterocycles. The first-order valence-corrected chi connectivity index (χ1v) is 9.07. The van der Waals surface area contributed by atoms with E-state index >= 15 is 0 Å². The van der Waals surface area contributed by atoms with E-state index in [9.17, 15) is 12.8 Å². The van der Waals surface area contributed by atoms with Gasteiger partial charge in [0.1, 0.15) is 15.7 Å². The molecule has 0 aliphatic carbocycles. The van der Waals surface area contributed by atoms with Crippen LogP contribution in [0.4, 0.5) is 4.39 Å². The summed E-state index contributed by atoms with van der Waals surface area (Å²) in [5.41, 5.74) is 1.25. The summed E-state index contributed by atoms with van der Waals surface area (Å²) in [5.74, 6) is -0.0504. The lowest BCUT2D eigenvalue weighted by Crippen LogP contribution is -2.24. The van der Waals surface area contributed by atoms with Gasteiger partial charge in [-0.3, -0.25) is 0 Å². The zero-order chi connectivity index (χ0) is 15.2. The molecule has 1 rings (SSSR count). The molecule has 1 unspecified atom stereocenters. The predicted octanol–water partition coefficient (Wildman–Crippen LogP) is 3.00. The fraction of sp³-hybridized carbons (Fsp3) is 0.600. The smallest absolute Gasteiger partial charge is 0.147 e. The molecule has 0 saturated carbocycles. The maximum Gasteiger partial charge on any atom is 0.147 e. The third kappa shape index (κ3) is 5.59. The molecule has 20 heavy (non-hydrogen) atoms. The van der Waals surface area contributed by atoms with Gasteiger partial charge in [-0.25, -0.2) is 12.8 Å². The summed E-state index contributed by atoms with van der Waals surface area (Å²) in [4.78, 5) is 0. The first-order valence-electron chi connectivity index (χ1n) is 7.01. The maximum atomic E-state index is 14.2. The summed E-state index contributed by atoms with van der Waals surface area (Å²) < 4.78 is 36.6. The van der Waals surface area contributed by atoms with E-state index in [2.05, 4.69) is 5.32 Å². The molecular formula is C15H24FNO2S. The zero-order valence-electron chi connectivity index (χ0n) is 12.4. The van der Waals surface area contributed by atoms with Gasteiger partial charge >= 0.3 is 0 Å². The van der Waals surface area contributed by atoms with Gasteiger partial charge in [-0.05, 0) is 38.3 Å². The van der Waals surface area contributed by atoms with E-state index in [0.717, 1.165) is 13.0 Å². The van der Waals surface area contributed by atoms with Crippen LogP contribution in [0.25, 0.3) is 0 Å². The summed E-state index contributed by atoms with van der Waals surface area (Å²) in [7, 11) is -2.96. The number of halogens is 1. The minimum atomic E-state index is -2.96. The molecule has 0 heterocycles. The molecule has 1 N–H and O–H groups in total. The van der Waals surface area contributed by atoms with Crippen LogP contribution in [0.15, 0.2) is 18.2 Å². The van der Waals surface area contributed by atoms with Crippen LogP contribution in [0.2, 0.25) is 0 Å². The van der Waals surface area contributed by atoms with Crippen molar-refractivity contribution in [3.05, 3.63) is 35.1 Å². The Bertz CT molecular complexity index is 529. The third-order valence-electron chi connectivity index (χ3n) is 3.25. The lowest BCUT2D eigenvalue weighted by molar-refractivity contribution is 0.467. The number of hydrogen-bond donors (Lipinski definition) is 1. The molecule has 1 aromatic carbocycles. The molecule has 114 valence electrons. The van der Waals surface area contributed by atoms with Crippen LogP contribution in [0.1, 0.15) is 43.4 Å². The summed E-state index contributed by atoms with van der Waals surface area (Å²) in [6.45, 7) is 4.58. The minimum Gasteiger partial charge on any atom is -0.310 e. The summed E-state index contributed by atoms with van der Waals surface area (Å²) in [6, 6.07) is 5.23. The van der Waals surface area contributed by atoms with Crippen LogP contribution >= 0.6 is 0 Å². The highest BCUT2D eigenvalue weighted by molar-refractivity contribution is 7.90. The van der Waals surface area contributed by atoms with E-state index in [1.807, 2.05) is 13.0 Å². The SMILES string of the molecule is CCCNC(CCCS(C)(=O)=O)c1cccc(C)c1F. The van der Waals surface area contributed by atoms with Crippen LogP contribution in [0.3, 0.4) is 0 Å². The highest BCUT2D eigenvalue weighted by Crippen LogP contribution is 2.23. The van der Waals surface area contributed by atoms with Crippen molar-refractivity contribution in [3.63, 3.8) is 0 Å². The molecule has 1 atom stereocenters. The van der Waals surface area contributed by atoms with Gasteiger partial charge in [0.2, 0.25) is 0 Å². The molecule has 3 nitrogen and oxygen atoms in total. The minimum absolute atomic E-state index is 0.128. The van der Waals surface area contributed by atoms with Crippen LogP contribution in [-0.2, 0) is 9.84 Å². The second-order valence-corrected chi connectivity index (χ2v) is 7.52. The second kappa shape index (κ2) is 7.74. The van der Waals surface area contributed by atoms with Crippen molar-refractivity contribution in [3.8, 4) is 0 Å². The lowest BCUT2D eigenvalue weighted by Gasteiger charge is -2.20. The van der Waals surface area contributed by atoms with Crippen LogP contribution in [0.5, 0.6) is 0 Å². The van der Waals surface area contributed by atoms with E-state index < -0.39 is 9.84 Å². The normalized spacial score (nSPS) is 13.4. The van der Waals surface area contributed by atoms with Gasteiger partial charge in [-0.15, -0.1) is 0 Å². The fourth-order valence-corrected chi connectivity index (χ4v) is 2.87. The highest BCUT2D eigenvalue weighted by Gasteiger charge is 2.16. The molecule has 0 fully saturated rings. The maximum absolute atomic E-state index is 14.2. The summed E-state index contributed by atoms with van der Waals surface area (Å²) in [5, 5.41) is 3.31. The molecular weight excluding hydrogens is 277 g/mol. The molecule has 0 aliphatic rings. The van der Waals surface area contributed by atoms with Gasteiger partial charge in [-0.2, -0.15) is 0 Å². The van der Waals surface area contributed by atoms with Crippen LogP contribution in [0, 0.1) is 12.7 Å². The van der Waals surface area contributed by atoms with Gasteiger partial charge in [0.25, 0.3) is 0 Å². The van der Waals surface area contributed by atoms with E-state index in [1.54, 1.807) is 19.1 Å². The van der Waals surface area contributed by atoms with Crippen molar-refractivity contribution < 1.29 is 12.8 Å². The van der Waals surface area contributed by atoms with E-state index in [0.29, 0.717) is 24.0 Å². The second-order valence-electron chi connectivity index (χ2n) is 5.26. The Morgan fingerprint density at radius 1 is 1.35 bits per heavy atom. The Kier molecular flexibility index (Phi) is 6.62. The molecule has 0 amide bonds. The molecule has 0 radical (unpaired) electrons. The molecule has 1 aromatic rings. The largest absolute Gasteiger partial charge is 0.310 e. The number of benzene rings is 1. The first-order chi connectivity index (χ1) is 9.35. The number of aryl methyl sites for hydroxylation is 1. The highest BCUT2D eigenvalue weighted by atomic mass is 32.2. The van der Waals surface area contributed by atoms with Crippen LogP contribution in [-0.4, -0.2) is 27.0 Å². The first kappa shape index (κ1) is 17.1. The van der Waals surface area contributed by atoms with Gasteiger partial charge in [0.05, 0.1) is 0 Å². The van der Waals surface area contributed by atoms with Crippen LogP contribution < -0.4 is 5.32 Å². The molecule has 0 spiro atoms. The van der Waals surface area contributed by atoms with Crippen molar-refractivity contribution >= 4 is 9.84 Å². The molecule has 0 aromatic heterocycles. The van der Waals surface area contributed by atoms with Gasteiger partial charge in [0.15, 0.2) is 0 Å². The Balaban J connectivity index is 2.80. The van der Waals surface area contributed by atoms with Crippen molar-refractivity contribution in [1.29, 1.82) is 0 Å². The third-order valence-corrected chi connectivity index (χ3v) is 4.28. The standard InChI is InChI=1S/C15H24FNO2S/c1-4-10-17-14(9-6-11-20(3,18)19)13-8-5-7-12(2)15(13)16/h5,7-8,14,17H,4,6,9-11H2,1-3H3.